The Kier molecular flexibility index (Phi) is 4.03. The second-order valence-corrected chi connectivity index (χ2v) is 7.38. The first-order chi connectivity index (χ1) is 9.17. The van der Waals surface area contributed by atoms with Crippen LogP contribution < -0.4 is 15.8 Å². The summed E-state index contributed by atoms with van der Waals surface area (Å²) < 4.78 is 23.0. The standard InChI is InChI=1S/C11H15BrN4O3S/c1-6-8(12)3-9(11(13)15-6)16-4-7(2-10(16)17)5-20(14,18)19/h3,7H,2,4-5H2,1H3,(H2,13,15)(H2,14,18,19). The molecule has 1 amide bonds. The van der Waals surface area contributed by atoms with Gasteiger partial charge >= 0.3 is 0 Å². The van der Waals surface area contributed by atoms with Crippen molar-refractivity contribution in [1.29, 1.82) is 0 Å². The van der Waals surface area contributed by atoms with Crippen molar-refractivity contribution < 1.29 is 13.2 Å². The van der Waals surface area contributed by atoms with Crippen LogP contribution >= 0.6 is 15.9 Å². The van der Waals surface area contributed by atoms with Crippen molar-refractivity contribution in [2.24, 2.45) is 11.1 Å². The quantitative estimate of drug-likeness (QED) is 0.804. The van der Waals surface area contributed by atoms with Crippen LogP contribution in [0.25, 0.3) is 0 Å². The first kappa shape index (κ1) is 15.2. The number of nitrogen functional groups attached to an aromatic ring is 1. The molecule has 0 aliphatic carbocycles. The molecule has 20 heavy (non-hydrogen) atoms. The van der Waals surface area contributed by atoms with Crippen LogP contribution in [0.4, 0.5) is 11.5 Å². The zero-order valence-electron chi connectivity index (χ0n) is 10.8. The summed E-state index contributed by atoms with van der Waals surface area (Å²) in [6.45, 7) is 2.07. The van der Waals surface area contributed by atoms with Gasteiger partial charge in [0.15, 0.2) is 0 Å². The van der Waals surface area contributed by atoms with Crippen molar-refractivity contribution >= 4 is 43.4 Å². The summed E-state index contributed by atoms with van der Waals surface area (Å²) in [4.78, 5) is 17.6. The molecule has 0 saturated carbocycles. The van der Waals surface area contributed by atoms with Gasteiger partial charge in [-0.1, -0.05) is 0 Å². The highest BCUT2D eigenvalue weighted by molar-refractivity contribution is 9.10. The number of primary sulfonamides is 1. The number of carbonyl (C=O) groups is 1. The zero-order valence-corrected chi connectivity index (χ0v) is 13.2. The molecule has 1 fully saturated rings. The normalized spacial score (nSPS) is 19.6. The number of nitrogens with two attached hydrogens (primary N) is 2. The minimum atomic E-state index is -3.60. The Labute approximate surface area is 125 Å². The molecule has 0 aromatic carbocycles. The maximum atomic E-state index is 12.0. The molecule has 0 spiro atoms. The smallest absolute Gasteiger partial charge is 0.227 e. The van der Waals surface area contributed by atoms with Gasteiger partial charge in [-0.2, -0.15) is 0 Å². The van der Waals surface area contributed by atoms with Gasteiger partial charge in [0, 0.05) is 23.4 Å². The number of nitrogens with zero attached hydrogens (tertiary/aromatic N) is 2. The number of aromatic nitrogens is 1. The van der Waals surface area contributed by atoms with Gasteiger partial charge in [-0.15, -0.1) is 0 Å². The Morgan fingerprint density at radius 1 is 1.55 bits per heavy atom. The molecule has 1 unspecified atom stereocenters. The first-order valence-corrected chi connectivity index (χ1v) is 8.41. The molecule has 1 aliphatic heterocycles. The number of hydrogen-bond donors (Lipinski definition) is 2. The van der Waals surface area contributed by atoms with Gasteiger partial charge in [-0.25, -0.2) is 18.5 Å². The Hall–Kier alpha value is -1.19. The Bertz CT molecular complexity index is 662. The molecule has 1 saturated heterocycles. The first-order valence-electron chi connectivity index (χ1n) is 5.91. The third-order valence-corrected chi connectivity index (χ3v) is 4.86. The van der Waals surface area contributed by atoms with Crippen LogP contribution in [0, 0.1) is 12.8 Å². The highest BCUT2D eigenvalue weighted by Crippen LogP contribution is 2.32. The van der Waals surface area contributed by atoms with Crippen LogP contribution in [0.3, 0.4) is 0 Å². The third-order valence-electron chi connectivity index (χ3n) is 3.12. The van der Waals surface area contributed by atoms with Crippen LogP contribution in [0.5, 0.6) is 0 Å². The largest absolute Gasteiger partial charge is 0.382 e. The summed E-state index contributed by atoms with van der Waals surface area (Å²) in [7, 11) is -3.60. The zero-order chi connectivity index (χ0) is 15.1. The lowest BCUT2D eigenvalue weighted by atomic mass is 10.1. The van der Waals surface area contributed by atoms with Gasteiger partial charge in [0.25, 0.3) is 0 Å². The topological polar surface area (TPSA) is 119 Å². The molecule has 9 heteroatoms. The lowest BCUT2D eigenvalue weighted by Crippen LogP contribution is -2.28. The van der Waals surface area contributed by atoms with E-state index in [0.29, 0.717) is 5.69 Å². The van der Waals surface area contributed by atoms with Crippen LogP contribution in [0.1, 0.15) is 12.1 Å². The monoisotopic (exact) mass is 362 g/mol. The number of hydrogen-bond acceptors (Lipinski definition) is 5. The van der Waals surface area contributed by atoms with Crippen molar-refractivity contribution in [3.63, 3.8) is 0 Å². The van der Waals surface area contributed by atoms with Gasteiger partial charge in [-0.05, 0) is 28.9 Å². The average molecular weight is 363 g/mol. The van der Waals surface area contributed by atoms with Crippen molar-refractivity contribution in [3.8, 4) is 0 Å². The average Bonchev–Trinajstić information content (AvgIpc) is 2.62. The molecular formula is C11H15BrN4O3S. The fourth-order valence-electron chi connectivity index (χ4n) is 2.26. The summed E-state index contributed by atoms with van der Waals surface area (Å²) in [5.74, 6) is -0.467. The summed E-state index contributed by atoms with van der Waals surface area (Å²) in [5.41, 5.74) is 7.05. The number of amides is 1. The van der Waals surface area contributed by atoms with Gasteiger partial charge in [-0.3, -0.25) is 4.79 Å². The summed E-state index contributed by atoms with van der Waals surface area (Å²) in [6, 6.07) is 1.72. The maximum Gasteiger partial charge on any atom is 0.227 e. The number of sulfonamides is 1. The molecule has 4 N–H and O–H groups in total. The van der Waals surface area contributed by atoms with E-state index in [2.05, 4.69) is 20.9 Å². The summed E-state index contributed by atoms with van der Waals surface area (Å²) in [6.07, 6.45) is 0.140. The molecular weight excluding hydrogens is 348 g/mol. The molecule has 7 nitrogen and oxygen atoms in total. The predicted octanol–water partition coefficient (Wildman–Crippen LogP) is 0.376. The predicted molar refractivity (Wildman–Crippen MR) is 79.5 cm³/mol. The van der Waals surface area contributed by atoms with Gasteiger partial charge in [0.2, 0.25) is 15.9 Å². The van der Waals surface area contributed by atoms with E-state index in [-0.39, 0.29) is 36.4 Å². The van der Waals surface area contributed by atoms with Crippen LogP contribution in [0.2, 0.25) is 0 Å². The van der Waals surface area contributed by atoms with E-state index in [1.807, 2.05) is 0 Å². The van der Waals surface area contributed by atoms with Gasteiger partial charge in [0.05, 0.1) is 17.1 Å². The maximum absolute atomic E-state index is 12.0. The summed E-state index contributed by atoms with van der Waals surface area (Å²) in [5, 5.41) is 5.02. The minimum Gasteiger partial charge on any atom is -0.382 e. The number of halogens is 1. The SMILES string of the molecule is Cc1nc(N)c(N2CC(CS(N)(=O)=O)CC2=O)cc1Br. The molecule has 2 heterocycles. The van der Waals surface area contributed by atoms with Gasteiger partial charge < -0.3 is 10.6 Å². The molecule has 1 aliphatic rings. The molecule has 1 aromatic heterocycles. The fourth-order valence-corrected chi connectivity index (χ4v) is 3.45. The lowest BCUT2D eigenvalue weighted by Gasteiger charge is -2.19. The molecule has 0 bridgehead atoms. The highest BCUT2D eigenvalue weighted by atomic mass is 79.9. The number of pyridine rings is 1. The Balaban J connectivity index is 2.26. The number of anilines is 2. The number of rotatable bonds is 3. The number of carbonyl (C=O) groups excluding carboxylic acids is 1. The van der Waals surface area contributed by atoms with E-state index >= 15 is 0 Å². The second-order valence-electron chi connectivity index (χ2n) is 4.86. The van der Waals surface area contributed by atoms with E-state index in [1.165, 1.54) is 4.90 Å². The molecule has 110 valence electrons. The summed E-state index contributed by atoms with van der Waals surface area (Å²) >= 11 is 3.34. The van der Waals surface area contributed by atoms with E-state index in [9.17, 15) is 13.2 Å². The molecule has 1 aromatic rings. The Morgan fingerprint density at radius 2 is 2.20 bits per heavy atom. The second kappa shape index (κ2) is 5.30. The van der Waals surface area contributed by atoms with Crippen molar-refractivity contribution in [3.05, 3.63) is 16.2 Å². The van der Waals surface area contributed by atoms with E-state index in [4.69, 9.17) is 10.9 Å². The number of aryl methyl sites for hydroxylation is 1. The van der Waals surface area contributed by atoms with E-state index < -0.39 is 10.0 Å². The molecule has 0 radical (unpaired) electrons. The van der Waals surface area contributed by atoms with Crippen LogP contribution in [-0.2, 0) is 14.8 Å². The Morgan fingerprint density at radius 3 is 2.80 bits per heavy atom. The van der Waals surface area contributed by atoms with E-state index in [0.717, 1.165) is 10.2 Å². The van der Waals surface area contributed by atoms with E-state index in [1.54, 1.807) is 13.0 Å². The third kappa shape index (κ3) is 3.28. The van der Waals surface area contributed by atoms with Crippen molar-refractivity contribution in [2.45, 2.75) is 13.3 Å². The van der Waals surface area contributed by atoms with Crippen LogP contribution in [0.15, 0.2) is 10.5 Å². The molecule has 2 rings (SSSR count). The van der Waals surface area contributed by atoms with Crippen LogP contribution in [-0.4, -0.2) is 31.6 Å². The van der Waals surface area contributed by atoms with Gasteiger partial charge in [0.1, 0.15) is 5.82 Å². The minimum absolute atomic E-state index is 0.140. The van der Waals surface area contributed by atoms with Crippen molar-refractivity contribution in [1.82, 2.24) is 4.98 Å². The molecule has 1 atom stereocenters. The van der Waals surface area contributed by atoms with Crippen molar-refractivity contribution in [2.75, 3.05) is 22.9 Å². The fraction of sp³-hybridized carbons (Fsp3) is 0.455. The lowest BCUT2D eigenvalue weighted by molar-refractivity contribution is -0.117. The highest BCUT2D eigenvalue weighted by Gasteiger charge is 2.34.